The standard InChI is InChI=1S/C23H49NO2/c1-12-13-19(2)23(10,11)24-16-14-21(6,7)25-17-15-22(8,9)26-18-20(3,4)5/h19,24H,12-18H2,1-11H3. The van der Waals surface area contributed by atoms with E-state index in [1.54, 1.807) is 0 Å². The van der Waals surface area contributed by atoms with Crippen molar-refractivity contribution in [3.05, 3.63) is 0 Å². The lowest BCUT2D eigenvalue weighted by Crippen LogP contribution is -2.47. The molecule has 0 aromatic carbocycles. The predicted molar refractivity (Wildman–Crippen MR) is 115 cm³/mol. The van der Waals surface area contributed by atoms with Crippen LogP contribution in [0.5, 0.6) is 0 Å². The second kappa shape index (κ2) is 10.4. The molecule has 0 rings (SSSR count). The van der Waals surface area contributed by atoms with Gasteiger partial charge in [-0.1, -0.05) is 41.0 Å². The van der Waals surface area contributed by atoms with E-state index in [1.165, 1.54) is 12.8 Å². The van der Waals surface area contributed by atoms with Crippen LogP contribution in [0.1, 0.15) is 102 Å². The van der Waals surface area contributed by atoms with Gasteiger partial charge in [0.1, 0.15) is 0 Å². The van der Waals surface area contributed by atoms with Gasteiger partial charge in [-0.25, -0.2) is 0 Å². The molecule has 0 amide bonds. The zero-order valence-electron chi connectivity index (χ0n) is 19.8. The van der Waals surface area contributed by atoms with E-state index >= 15 is 0 Å². The molecule has 0 aliphatic rings. The van der Waals surface area contributed by atoms with Crippen LogP contribution in [0.15, 0.2) is 0 Å². The molecule has 3 heteroatoms. The SMILES string of the molecule is CCCC(C)C(C)(C)NCCC(C)(C)OCCC(C)(C)OCC(C)(C)C. The maximum Gasteiger partial charge on any atom is 0.0648 e. The van der Waals surface area contributed by atoms with Gasteiger partial charge < -0.3 is 14.8 Å². The molecule has 0 bridgehead atoms. The molecule has 0 aliphatic carbocycles. The van der Waals surface area contributed by atoms with E-state index in [2.05, 4.69) is 81.5 Å². The summed E-state index contributed by atoms with van der Waals surface area (Å²) in [5.41, 5.74) is 0.121. The Morgan fingerprint density at radius 3 is 1.85 bits per heavy atom. The fourth-order valence-electron chi connectivity index (χ4n) is 2.78. The van der Waals surface area contributed by atoms with Crippen molar-refractivity contribution in [2.45, 2.75) is 119 Å². The number of hydrogen-bond donors (Lipinski definition) is 1. The molecule has 0 radical (unpaired) electrons. The van der Waals surface area contributed by atoms with E-state index in [-0.39, 0.29) is 22.2 Å². The third kappa shape index (κ3) is 12.3. The van der Waals surface area contributed by atoms with E-state index in [4.69, 9.17) is 9.47 Å². The molecule has 0 saturated carbocycles. The van der Waals surface area contributed by atoms with Gasteiger partial charge >= 0.3 is 0 Å². The molecule has 1 N–H and O–H groups in total. The van der Waals surface area contributed by atoms with E-state index in [9.17, 15) is 0 Å². The quantitative estimate of drug-likeness (QED) is 0.417. The summed E-state index contributed by atoms with van der Waals surface area (Å²) in [4.78, 5) is 0. The molecular weight excluding hydrogens is 322 g/mol. The molecule has 0 aliphatic heterocycles. The highest BCUT2D eigenvalue weighted by Crippen LogP contribution is 2.24. The van der Waals surface area contributed by atoms with Crippen molar-refractivity contribution in [2.75, 3.05) is 19.8 Å². The summed E-state index contributed by atoms with van der Waals surface area (Å²) >= 11 is 0. The van der Waals surface area contributed by atoms with Gasteiger partial charge in [-0.05, 0) is 78.7 Å². The van der Waals surface area contributed by atoms with Crippen LogP contribution < -0.4 is 5.32 Å². The summed E-state index contributed by atoms with van der Waals surface area (Å²) in [6.45, 7) is 27.1. The summed E-state index contributed by atoms with van der Waals surface area (Å²) in [6.07, 6.45) is 4.44. The first-order chi connectivity index (χ1) is 11.6. The number of ether oxygens (including phenoxy) is 2. The zero-order chi connectivity index (χ0) is 20.6. The normalized spacial score (nSPS) is 15.3. The van der Waals surface area contributed by atoms with Crippen molar-refractivity contribution >= 4 is 0 Å². The first-order valence-corrected chi connectivity index (χ1v) is 10.6. The molecule has 0 saturated heterocycles. The van der Waals surface area contributed by atoms with Crippen molar-refractivity contribution in [1.82, 2.24) is 5.32 Å². The van der Waals surface area contributed by atoms with Crippen LogP contribution in [-0.2, 0) is 9.47 Å². The van der Waals surface area contributed by atoms with E-state index < -0.39 is 0 Å². The zero-order valence-corrected chi connectivity index (χ0v) is 19.8. The third-order valence-electron chi connectivity index (χ3n) is 5.35. The molecule has 3 nitrogen and oxygen atoms in total. The fraction of sp³-hybridized carbons (Fsp3) is 1.00. The van der Waals surface area contributed by atoms with Gasteiger partial charge in [-0.2, -0.15) is 0 Å². The Bertz CT molecular complexity index is 380. The van der Waals surface area contributed by atoms with Crippen LogP contribution in [0.4, 0.5) is 0 Å². The third-order valence-corrected chi connectivity index (χ3v) is 5.35. The van der Waals surface area contributed by atoms with Gasteiger partial charge in [0.2, 0.25) is 0 Å². The molecule has 0 spiro atoms. The van der Waals surface area contributed by atoms with Gasteiger partial charge in [0, 0.05) is 5.54 Å². The molecular formula is C23H49NO2. The molecule has 26 heavy (non-hydrogen) atoms. The van der Waals surface area contributed by atoms with Crippen LogP contribution in [-0.4, -0.2) is 36.5 Å². The van der Waals surface area contributed by atoms with Crippen molar-refractivity contribution in [1.29, 1.82) is 0 Å². The smallest absolute Gasteiger partial charge is 0.0648 e. The van der Waals surface area contributed by atoms with Gasteiger partial charge in [0.25, 0.3) is 0 Å². The van der Waals surface area contributed by atoms with Gasteiger partial charge in [-0.3, -0.25) is 0 Å². The molecule has 1 unspecified atom stereocenters. The topological polar surface area (TPSA) is 30.5 Å². The second-order valence-corrected chi connectivity index (χ2v) is 11.1. The molecule has 1 atom stereocenters. The largest absolute Gasteiger partial charge is 0.375 e. The average molecular weight is 372 g/mol. The Morgan fingerprint density at radius 2 is 1.35 bits per heavy atom. The molecule has 0 fully saturated rings. The highest BCUT2D eigenvalue weighted by Gasteiger charge is 2.27. The predicted octanol–water partition coefficient (Wildman–Crippen LogP) is 6.21. The number of nitrogens with one attached hydrogen (secondary N) is 1. The first-order valence-electron chi connectivity index (χ1n) is 10.6. The van der Waals surface area contributed by atoms with E-state index in [0.717, 1.165) is 32.6 Å². The number of hydrogen-bond acceptors (Lipinski definition) is 3. The summed E-state index contributed by atoms with van der Waals surface area (Å²) in [7, 11) is 0. The minimum absolute atomic E-state index is 0.114. The van der Waals surface area contributed by atoms with Crippen molar-refractivity contribution in [2.24, 2.45) is 11.3 Å². The lowest BCUT2D eigenvalue weighted by molar-refractivity contribution is -0.0891. The lowest BCUT2D eigenvalue weighted by atomic mass is 9.85. The molecule has 0 aromatic heterocycles. The summed E-state index contributed by atoms with van der Waals surface area (Å²) in [6, 6.07) is 0. The Balaban J connectivity index is 4.22. The second-order valence-electron chi connectivity index (χ2n) is 11.1. The first kappa shape index (κ1) is 25.9. The van der Waals surface area contributed by atoms with Crippen LogP contribution >= 0.6 is 0 Å². The van der Waals surface area contributed by atoms with Crippen molar-refractivity contribution < 1.29 is 9.47 Å². The van der Waals surface area contributed by atoms with Gasteiger partial charge in [-0.15, -0.1) is 0 Å². The monoisotopic (exact) mass is 371 g/mol. The summed E-state index contributed by atoms with van der Waals surface area (Å²) in [5, 5.41) is 3.74. The van der Waals surface area contributed by atoms with E-state index in [0.29, 0.717) is 5.92 Å². The highest BCUT2D eigenvalue weighted by molar-refractivity contribution is 4.84. The minimum atomic E-state index is -0.140. The lowest BCUT2D eigenvalue weighted by Gasteiger charge is -2.35. The molecule has 158 valence electrons. The maximum atomic E-state index is 6.20. The van der Waals surface area contributed by atoms with Crippen LogP contribution in [0.3, 0.4) is 0 Å². The van der Waals surface area contributed by atoms with Crippen LogP contribution in [0.2, 0.25) is 0 Å². The van der Waals surface area contributed by atoms with Crippen molar-refractivity contribution in [3.8, 4) is 0 Å². The van der Waals surface area contributed by atoms with Gasteiger partial charge in [0.05, 0.1) is 24.4 Å². The highest BCUT2D eigenvalue weighted by atomic mass is 16.5. The van der Waals surface area contributed by atoms with Gasteiger partial charge in [0.15, 0.2) is 0 Å². The van der Waals surface area contributed by atoms with Crippen LogP contribution in [0, 0.1) is 11.3 Å². The Kier molecular flexibility index (Phi) is 10.4. The average Bonchev–Trinajstić information content (AvgIpc) is 2.44. The molecule has 0 heterocycles. The Hall–Kier alpha value is -0.120. The minimum Gasteiger partial charge on any atom is -0.375 e. The van der Waals surface area contributed by atoms with Crippen molar-refractivity contribution in [3.63, 3.8) is 0 Å². The van der Waals surface area contributed by atoms with E-state index in [1.807, 2.05) is 0 Å². The fourth-order valence-corrected chi connectivity index (χ4v) is 2.78. The summed E-state index contributed by atoms with van der Waals surface area (Å²) < 4.78 is 12.3. The Morgan fingerprint density at radius 1 is 0.808 bits per heavy atom. The Labute approximate surface area is 165 Å². The summed E-state index contributed by atoms with van der Waals surface area (Å²) in [5.74, 6) is 0.678. The van der Waals surface area contributed by atoms with Crippen LogP contribution in [0.25, 0.3) is 0 Å². The molecule has 0 aromatic rings. The maximum absolute atomic E-state index is 6.20. The number of rotatable bonds is 13.